The molecule has 156 valence electrons. The zero-order chi connectivity index (χ0) is 21.3. The summed E-state index contributed by atoms with van der Waals surface area (Å²) in [5.41, 5.74) is 4.02. The van der Waals surface area contributed by atoms with Gasteiger partial charge in [0, 0.05) is 25.2 Å². The van der Waals surface area contributed by atoms with Crippen molar-refractivity contribution in [2.75, 3.05) is 0 Å². The topological polar surface area (TPSA) is 60.3 Å². The van der Waals surface area contributed by atoms with Crippen LogP contribution in [-0.2, 0) is 31.4 Å². The van der Waals surface area contributed by atoms with Gasteiger partial charge in [-0.25, -0.2) is 0 Å². The third kappa shape index (κ3) is 6.34. The maximum atomic E-state index is 12.4. The predicted octanol–water partition coefficient (Wildman–Crippen LogP) is 3.91. The number of nitrogens with zero attached hydrogens (tertiary/aromatic N) is 1. The minimum Gasteiger partial charge on any atom is -0.483 e. The fourth-order valence-corrected chi connectivity index (χ4v) is 3.15. The van der Waals surface area contributed by atoms with Gasteiger partial charge in [0.2, 0.25) is 11.3 Å². The molecule has 1 amide bonds. The van der Waals surface area contributed by atoms with Gasteiger partial charge in [0.05, 0.1) is 12.7 Å². The monoisotopic (exact) mass is 404 g/mol. The Bertz CT molecular complexity index is 1020. The molecule has 5 heteroatoms. The Morgan fingerprint density at radius 3 is 2.50 bits per heavy atom. The van der Waals surface area contributed by atoms with Crippen LogP contribution in [0.25, 0.3) is 0 Å². The summed E-state index contributed by atoms with van der Waals surface area (Å²) in [6.07, 6.45) is 3.80. The van der Waals surface area contributed by atoms with E-state index in [1.807, 2.05) is 41.9 Å². The largest absolute Gasteiger partial charge is 0.483 e. The summed E-state index contributed by atoms with van der Waals surface area (Å²) in [4.78, 5) is 24.5. The first-order chi connectivity index (χ1) is 14.5. The Kier molecular flexibility index (Phi) is 7.44. The van der Waals surface area contributed by atoms with E-state index < -0.39 is 0 Å². The summed E-state index contributed by atoms with van der Waals surface area (Å²) in [6.45, 7) is 2.72. The van der Waals surface area contributed by atoms with Gasteiger partial charge in [-0.05, 0) is 30.9 Å². The summed E-state index contributed by atoms with van der Waals surface area (Å²) in [5, 5.41) is 2.90. The van der Waals surface area contributed by atoms with Gasteiger partial charge >= 0.3 is 0 Å². The van der Waals surface area contributed by atoms with Crippen LogP contribution in [0.2, 0.25) is 0 Å². The maximum Gasteiger partial charge on any atom is 0.223 e. The highest BCUT2D eigenvalue weighted by atomic mass is 16.5. The molecular formula is C25H28N2O3. The lowest BCUT2D eigenvalue weighted by atomic mass is 10.1. The number of ether oxygens (including phenoxy) is 1. The van der Waals surface area contributed by atoms with E-state index in [0.717, 1.165) is 24.1 Å². The van der Waals surface area contributed by atoms with Crippen molar-refractivity contribution < 1.29 is 9.53 Å². The molecule has 0 aliphatic rings. The van der Waals surface area contributed by atoms with Crippen LogP contribution < -0.4 is 15.5 Å². The molecule has 3 rings (SSSR count). The Morgan fingerprint density at radius 2 is 1.77 bits per heavy atom. The van der Waals surface area contributed by atoms with Crippen LogP contribution in [0.3, 0.4) is 0 Å². The molecule has 0 aliphatic heterocycles. The SMILES string of the molecule is Cc1ccc(CCCC(=O)NCc2cc(=O)c(OCc3ccccc3)cn2C)cc1. The second-order valence-electron chi connectivity index (χ2n) is 7.49. The smallest absolute Gasteiger partial charge is 0.223 e. The number of hydrogen-bond acceptors (Lipinski definition) is 3. The van der Waals surface area contributed by atoms with E-state index in [1.54, 1.807) is 6.20 Å². The zero-order valence-corrected chi connectivity index (χ0v) is 17.6. The highest BCUT2D eigenvalue weighted by Gasteiger charge is 2.08. The summed E-state index contributed by atoms with van der Waals surface area (Å²) in [5.74, 6) is 0.286. The van der Waals surface area contributed by atoms with E-state index in [1.165, 1.54) is 17.2 Å². The molecule has 0 saturated carbocycles. The molecule has 30 heavy (non-hydrogen) atoms. The third-order valence-corrected chi connectivity index (χ3v) is 5.00. The standard InChI is InChI=1S/C25H28N2O3/c1-19-11-13-20(14-12-19)9-6-10-25(29)26-16-22-15-23(28)24(17-27(22)2)30-18-21-7-4-3-5-8-21/h3-5,7-8,11-15,17H,6,9-10,16,18H2,1-2H3,(H,26,29). The van der Waals surface area contributed by atoms with Gasteiger partial charge in [-0.1, -0.05) is 60.2 Å². The van der Waals surface area contributed by atoms with Crippen molar-refractivity contribution in [1.82, 2.24) is 9.88 Å². The first kappa shape index (κ1) is 21.4. The van der Waals surface area contributed by atoms with Crippen LogP contribution in [0.1, 0.15) is 35.2 Å². The summed E-state index contributed by atoms with van der Waals surface area (Å²) in [6, 6.07) is 19.6. The lowest BCUT2D eigenvalue weighted by molar-refractivity contribution is -0.121. The number of hydrogen-bond donors (Lipinski definition) is 1. The van der Waals surface area contributed by atoms with Gasteiger partial charge in [0.25, 0.3) is 0 Å². The molecule has 0 bridgehead atoms. The van der Waals surface area contributed by atoms with Crippen LogP contribution in [0, 0.1) is 6.92 Å². The van der Waals surface area contributed by atoms with Gasteiger partial charge in [0.15, 0.2) is 5.75 Å². The van der Waals surface area contributed by atoms with Crippen LogP contribution in [0.5, 0.6) is 5.75 Å². The highest BCUT2D eigenvalue weighted by Crippen LogP contribution is 2.10. The Hall–Kier alpha value is -3.34. The number of aryl methyl sites for hydroxylation is 3. The number of nitrogens with one attached hydrogen (secondary N) is 1. The molecule has 0 atom stereocenters. The Labute approximate surface area is 177 Å². The molecule has 5 nitrogen and oxygen atoms in total. The quantitative estimate of drug-likeness (QED) is 0.588. The second-order valence-corrected chi connectivity index (χ2v) is 7.49. The van der Waals surface area contributed by atoms with Gasteiger partial charge in [-0.15, -0.1) is 0 Å². The first-order valence-corrected chi connectivity index (χ1v) is 10.2. The molecule has 0 unspecified atom stereocenters. The number of aromatic nitrogens is 1. The number of carbonyl (C=O) groups is 1. The van der Waals surface area contributed by atoms with Gasteiger partial charge < -0.3 is 14.6 Å². The van der Waals surface area contributed by atoms with Gasteiger partial charge in [-0.3, -0.25) is 9.59 Å². The average molecular weight is 405 g/mol. The molecule has 1 aromatic heterocycles. The van der Waals surface area contributed by atoms with Crippen LogP contribution in [0.4, 0.5) is 0 Å². The number of benzene rings is 2. The van der Waals surface area contributed by atoms with Crippen molar-refractivity contribution in [2.45, 2.75) is 39.3 Å². The molecule has 0 spiro atoms. The molecule has 0 radical (unpaired) electrons. The number of rotatable bonds is 9. The highest BCUT2D eigenvalue weighted by molar-refractivity contribution is 5.75. The maximum absolute atomic E-state index is 12.4. The molecule has 1 heterocycles. The van der Waals surface area contributed by atoms with E-state index in [9.17, 15) is 9.59 Å². The molecule has 3 aromatic rings. The van der Waals surface area contributed by atoms with E-state index in [2.05, 4.69) is 36.5 Å². The van der Waals surface area contributed by atoms with Crippen molar-refractivity contribution in [3.05, 3.63) is 99.5 Å². The van der Waals surface area contributed by atoms with E-state index in [-0.39, 0.29) is 11.3 Å². The minimum absolute atomic E-state index is 0.0148. The number of carbonyl (C=O) groups excluding carboxylic acids is 1. The lowest BCUT2D eigenvalue weighted by Crippen LogP contribution is -2.25. The summed E-state index contributed by atoms with van der Waals surface area (Å²) < 4.78 is 7.48. The summed E-state index contributed by atoms with van der Waals surface area (Å²) in [7, 11) is 1.84. The van der Waals surface area contributed by atoms with E-state index in [0.29, 0.717) is 25.3 Å². The van der Waals surface area contributed by atoms with Crippen LogP contribution in [0.15, 0.2) is 71.7 Å². The minimum atomic E-state index is -0.187. The Balaban J connectivity index is 1.47. The molecule has 0 saturated heterocycles. The lowest BCUT2D eigenvalue weighted by Gasteiger charge is -2.13. The molecule has 0 aliphatic carbocycles. The van der Waals surface area contributed by atoms with Crippen molar-refractivity contribution in [1.29, 1.82) is 0 Å². The van der Waals surface area contributed by atoms with Gasteiger partial charge in [-0.2, -0.15) is 0 Å². The zero-order valence-electron chi connectivity index (χ0n) is 17.6. The average Bonchev–Trinajstić information content (AvgIpc) is 2.75. The fraction of sp³-hybridized carbons (Fsp3) is 0.280. The van der Waals surface area contributed by atoms with Gasteiger partial charge in [0.1, 0.15) is 6.61 Å². The molecular weight excluding hydrogens is 376 g/mol. The van der Waals surface area contributed by atoms with Crippen molar-refractivity contribution in [3.8, 4) is 5.75 Å². The van der Waals surface area contributed by atoms with E-state index in [4.69, 9.17) is 4.74 Å². The predicted molar refractivity (Wildman–Crippen MR) is 118 cm³/mol. The first-order valence-electron chi connectivity index (χ1n) is 10.2. The third-order valence-electron chi connectivity index (χ3n) is 5.00. The van der Waals surface area contributed by atoms with Crippen molar-refractivity contribution >= 4 is 5.91 Å². The van der Waals surface area contributed by atoms with Crippen molar-refractivity contribution in [2.24, 2.45) is 7.05 Å². The van der Waals surface area contributed by atoms with Crippen molar-refractivity contribution in [3.63, 3.8) is 0 Å². The van der Waals surface area contributed by atoms with E-state index >= 15 is 0 Å². The normalized spacial score (nSPS) is 10.6. The fourth-order valence-electron chi connectivity index (χ4n) is 3.15. The van der Waals surface area contributed by atoms with Crippen LogP contribution >= 0.6 is 0 Å². The number of amides is 1. The molecule has 1 N–H and O–H groups in total. The summed E-state index contributed by atoms with van der Waals surface area (Å²) >= 11 is 0. The molecule has 2 aromatic carbocycles. The number of pyridine rings is 1. The van der Waals surface area contributed by atoms with Crippen LogP contribution in [-0.4, -0.2) is 10.5 Å². The second kappa shape index (κ2) is 10.4. The Morgan fingerprint density at radius 1 is 1.03 bits per heavy atom. The molecule has 0 fully saturated rings.